The second kappa shape index (κ2) is 4.34. The zero-order valence-electron chi connectivity index (χ0n) is 7.40. The van der Waals surface area contributed by atoms with Crippen LogP contribution in [0, 0.1) is 0 Å². The van der Waals surface area contributed by atoms with E-state index in [0.717, 1.165) is 25.3 Å². The van der Waals surface area contributed by atoms with Gasteiger partial charge >= 0.3 is 0 Å². The number of rotatable bonds is 3. The van der Waals surface area contributed by atoms with Crippen molar-refractivity contribution in [2.45, 2.75) is 32.2 Å². The molecule has 1 aliphatic rings. The molecule has 0 amide bonds. The summed E-state index contributed by atoms with van der Waals surface area (Å²) >= 11 is 0. The minimum Gasteiger partial charge on any atom is -0.353 e. The normalized spacial score (nSPS) is 23.2. The molecule has 0 saturated carbocycles. The van der Waals surface area contributed by atoms with Crippen LogP contribution in [0.25, 0.3) is 0 Å². The Hall–Kier alpha value is -0.940. The maximum absolute atomic E-state index is 5.47. The number of ether oxygens (including phenoxy) is 2. The maximum atomic E-state index is 5.47. The van der Waals surface area contributed by atoms with Gasteiger partial charge in [-0.05, 0) is 19.3 Å². The van der Waals surface area contributed by atoms with E-state index in [-0.39, 0.29) is 6.29 Å². The van der Waals surface area contributed by atoms with Gasteiger partial charge in [0, 0.05) is 6.61 Å². The molecule has 1 aromatic heterocycles. The van der Waals surface area contributed by atoms with Crippen LogP contribution >= 0.6 is 0 Å². The Bertz CT molecular complexity index is 232. The summed E-state index contributed by atoms with van der Waals surface area (Å²) in [6.45, 7) is 1.26. The standard InChI is InChI=1S/C8H13N3O2/c1-2-4-12-8(3-1)13-5-7-9-6-10-11-7/h6,8H,1-5H2,(H,9,10,11). The third-order valence-electron chi connectivity index (χ3n) is 2.01. The zero-order valence-corrected chi connectivity index (χ0v) is 7.40. The molecule has 0 bridgehead atoms. The molecule has 1 unspecified atom stereocenters. The quantitative estimate of drug-likeness (QED) is 0.754. The van der Waals surface area contributed by atoms with E-state index in [1.807, 2.05) is 0 Å². The van der Waals surface area contributed by atoms with Crippen molar-refractivity contribution in [3.63, 3.8) is 0 Å². The molecule has 1 atom stereocenters. The summed E-state index contributed by atoms with van der Waals surface area (Å²) in [5.41, 5.74) is 0. The van der Waals surface area contributed by atoms with Gasteiger partial charge in [-0.25, -0.2) is 4.98 Å². The largest absolute Gasteiger partial charge is 0.353 e. The molecule has 0 aliphatic carbocycles. The van der Waals surface area contributed by atoms with Gasteiger partial charge in [0.2, 0.25) is 0 Å². The van der Waals surface area contributed by atoms with E-state index in [4.69, 9.17) is 9.47 Å². The van der Waals surface area contributed by atoms with Crippen LogP contribution in [0.1, 0.15) is 25.1 Å². The Morgan fingerprint density at radius 3 is 3.31 bits per heavy atom. The summed E-state index contributed by atoms with van der Waals surface area (Å²) in [6.07, 6.45) is 4.72. The monoisotopic (exact) mass is 183 g/mol. The Morgan fingerprint density at radius 2 is 2.62 bits per heavy atom. The number of aromatic amines is 1. The Morgan fingerprint density at radius 1 is 1.62 bits per heavy atom. The summed E-state index contributed by atoms with van der Waals surface area (Å²) < 4.78 is 10.9. The van der Waals surface area contributed by atoms with Gasteiger partial charge in [0.1, 0.15) is 18.8 Å². The molecule has 5 nitrogen and oxygen atoms in total. The molecule has 1 fully saturated rings. The zero-order chi connectivity index (χ0) is 8.93. The topological polar surface area (TPSA) is 60.0 Å². The molecule has 5 heteroatoms. The van der Waals surface area contributed by atoms with Crippen molar-refractivity contribution in [1.82, 2.24) is 15.2 Å². The predicted molar refractivity (Wildman–Crippen MR) is 44.8 cm³/mol. The number of hydrogen-bond acceptors (Lipinski definition) is 4. The van der Waals surface area contributed by atoms with E-state index in [0.29, 0.717) is 6.61 Å². The summed E-state index contributed by atoms with van der Waals surface area (Å²) in [5, 5.41) is 6.46. The lowest BCUT2D eigenvalue weighted by atomic mass is 10.2. The van der Waals surface area contributed by atoms with Crippen LogP contribution in [-0.2, 0) is 16.1 Å². The van der Waals surface area contributed by atoms with Crippen molar-refractivity contribution >= 4 is 0 Å². The first-order valence-electron chi connectivity index (χ1n) is 4.52. The lowest BCUT2D eigenvalue weighted by Gasteiger charge is -2.21. The SMILES string of the molecule is c1n[nH]c(COC2CCCCO2)n1. The fraction of sp³-hybridized carbons (Fsp3) is 0.750. The summed E-state index contributed by atoms with van der Waals surface area (Å²) in [5.74, 6) is 0.745. The Labute approximate surface area is 76.5 Å². The molecule has 0 spiro atoms. The average molecular weight is 183 g/mol. The highest BCUT2D eigenvalue weighted by Gasteiger charge is 2.14. The van der Waals surface area contributed by atoms with Gasteiger partial charge in [0.05, 0.1) is 0 Å². The van der Waals surface area contributed by atoms with Gasteiger partial charge < -0.3 is 9.47 Å². The van der Waals surface area contributed by atoms with Crippen LogP contribution in [0.15, 0.2) is 6.33 Å². The van der Waals surface area contributed by atoms with Gasteiger partial charge in [-0.15, -0.1) is 0 Å². The first-order valence-corrected chi connectivity index (χ1v) is 4.52. The smallest absolute Gasteiger partial charge is 0.158 e. The third-order valence-corrected chi connectivity index (χ3v) is 2.01. The Balaban J connectivity index is 1.72. The maximum Gasteiger partial charge on any atom is 0.158 e. The van der Waals surface area contributed by atoms with Crippen LogP contribution in [0.3, 0.4) is 0 Å². The van der Waals surface area contributed by atoms with Gasteiger partial charge in [-0.1, -0.05) is 0 Å². The Kier molecular flexibility index (Phi) is 2.89. The lowest BCUT2D eigenvalue weighted by Crippen LogP contribution is -2.22. The number of aromatic nitrogens is 3. The molecule has 2 heterocycles. The van der Waals surface area contributed by atoms with E-state index >= 15 is 0 Å². The highest BCUT2D eigenvalue weighted by molar-refractivity contribution is 4.75. The van der Waals surface area contributed by atoms with Gasteiger partial charge in [0.15, 0.2) is 6.29 Å². The first kappa shape index (κ1) is 8.65. The van der Waals surface area contributed by atoms with E-state index in [2.05, 4.69) is 15.2 Å². The summed E-state index contributed by atoms with van der Waals surface area (Å²) in [7, 11) is 0. The van der Waals surface area contributed by atoms with E-state index in [1.54, 1.807) is 0 Å². The number of nitrogens with zero attached hydrogens (tertiary/aromatic N) is 2. The van der Waals surface area contributed by atoms with Crippen molar-refractivity contribution in [3.8, 4) is 0 Å². The summed E-state index contributed by atoms with van der Waals surface area (Å²) in [6, 6.07) is 0. The molecular formula is C8H13N3O2. The van der Waals surface area contributed by atoms with Gasteiger partial charge in [-0.2, -0.15) is 5.10 Å². The molecule has 1 aromatic rings. The van der Waals surface area contributed by atoms with Crippen molar-refractivity contribution in [1.29, 1.82) is 0 Å². The molecule has 72 valence electrons. The van der Waals surface area contributed by atoms with Crippen LogP contribution in [0.5, 0.6) is 0 Å². The fourth-order valence-corrected chi connectivity index (χ4v) is 1.31. The first-order chi connectivity index (χ1) is 6.45. The van der Waals surface area contributed by atoms with Crippen LogP contribution in [0.2, 0.25) is 0 Å². The minimum absolute atomic E-state index is 0.0566. The molecule has 1 saturated heterocycles. The fourth-order valence-electron chi connectivity index (χ4n) is 1.31. The summed E-state index contributed by atoms with van der Waals surface area (Å²) in [4.78, 5) is 3.95. The molecule has 2 rings (SSSR count). The third kappa shape index (κ3) is 2.50. The molecule has 13 heavy (non-hydrogen) atoms. The van der Waals surface area contributed by atoms with E-state index < -0.39 is 0 Å². The predicted octanol–water partition coefficient (Wildman–Crippen LogP) is 0.848. The highest BCUT2D eigenvalue weighted by Crippen LogP contribution is 2.14. The van der Waals surface area contributed by atoms with Crippen LogP contribution < -0.4 is 0 Å². The molecule has 0 radical (unpaired) electrons. The minimum atomic E-state index is -0.0566. The second-order valence-corrected chi connectivity index (χ2v) is 3.04. The van der Waals surface area contributed by atoms with E-state index in [9.17, 15) is 0 Å². The van der Waals surface area contributed by atoms with Crippen molar-refractivity contribution in [2.24, 2.45) is 0 Å². The average Bonchev–Trinajstić information content (AvgIpc) is 2.69. The second-order valence-electron chi connectivity index (χ2n) is 3.04. The van der Waals surface area contributed by atoms with Gasteiger partial charge in [-0.3, -0.25) is 5.10 Å². The number of H-pyrrole nitrogens is 1. The highest BCUT2D eigenvalue weighted by atomic mass is 16.7. The number of hydrogen-bond donors (Lipinski definition) is 1. The molecule has 1 N–H and O–H groups in total. The van der Waals surface area contributed by atoms with Crippen LogP contribution in [-0.4, -0.2) is 28.1 Å². The molecule has 0 aromatic carbocycles. The van der Waals surface area contributed by atoms with Crippen LogP contribution in [0.4, 0.5) is 0 Å². The lowest BCUT2D eigenvalue weighted by molar-refractivity contribution is -0.170. The molecular weight excluding hydrogens is 170 g/mol. The van der Waals surface area contributed by atoms with Crippen molar-refractivity contribution < 1.29 is 9.47 Å². The van der Waals surface area contributed by atoms with Gasteiger partial charge in [0.25, 0.3) is 0 Å². The van der Waals surface area contributed by atoms with Crippen molar-refractivity contribution in [3.05, 3.63) is 12.2 Å². The van der Waals surface area contributed by atoms with E-state index in [1.165, 1.54) is 12.7 Å². The van der Waals surface area contributed by atoms with Crippen molar-refractivity contribution in [2.75, 3.05) is 6.61 Å². The number of nitrogens with one attached hydrogen (secondary N) is 1. The molecule has 1 aliphatic heterocycles.